The maximum Gasteiger partial charge on any atom is 0.192 e. The van der Waals surface area contributed by atoms with Gasteiger partial charge in [0.05, 0.1) is 5.69 Å². The van der Waals surface area contributed by atoms with Crippen molar-refractivity contribution in [3.63, 3.8) is 0 Å². The third kappa shape index (κ3) is 2.33. The lowest BCUT2D eigenvalue weighted by Crippen LogP contribution is -2.36. The SMILES string of the molecule is O=Cc1nccc([C@@H]2CNCC[C@H]2Cl)n1. The maximum absolute atomic E-state index is 10.5. The molecule has 1 aliphatic heterocycles. The van der Waals surface area contributed by atoms with E-state index in [-0.39, 0.29) is 17.1 Å². The van der Waals surface area contributed by atoms with Crippen molar-refractivity contribution >= 4 is 17.9 Å². The van der Waals surface area contributed by atoms with Crippen LogP contribution in [0.4, 0.5) is 0 Å². The van der Waals surface area contributed by atoms with Gasteiger partial charge in [-0.25, -0.2) is 9.97 Å². The van der Waals surface area contributed by atoms with Crippen LogP contribution in [0.15, 0.2) is 12.3 Å². The average molecular weight is 226 g/mol. The summed E-state index contributed by atoms with van der Waals surface area (Å²) < 4.78 is 0. The van der Waals surface area contributed by atoms with Crippen molar-refractivity contribution in [1.29, 1.82) is 0 Å². The number of nitrogens with one attached hydrogen (secondary N) is 1. The molecular formula is C10H12ClN3O. The Morgan fingerprint density at radius 1 is 1.60 bits per heavy atom. The summed E-state index contributed by atoms with van der Waals surface area (Å²) in [5, 5.41) is 3.35. The molecule has 2 atom stereocenters. The number of halogens is 1. The zero-order valence-corrected chi connectivity index (χ0v) is 8.94. The van der Waals surface area contributed by atoms with Crippen LogP contribution in [0.3, 0.4) is 0 Å². The second kappa shape index (κ2) is 4.68. The van der Waals surface area contributed by atoms with E-state index in [4.69, 9.17) is 11.6 Å². The molecular weight excluding hydrogens is 214 g/mol. The Hall–Kier alpha value is -1.00. The minimum Gasteiger partial charge on any atom is -0.316 e. The Balaban J connectivity index is 2.23. The van der Waals surface area contributed by atoms with Gasteiger partial charge in [0, 0.05) is 24.0 Å². The van der Waals surface area contributed by atoms with Gasteiger partial charge in [-0.2, -0.15) is 0 Å². The number of carbonyl (C=O) groups excluding carboxylic acids is 1. The molecule has 0 aromatic carbocycles. The summed E-state index contributed by atoms with van der Waals surface area (Å²) in [5.74, 6) is 0.393. The molecule has 4 nitrogen and oxygen atoms in total. The zero-order valence-electron chi connectivity index (χ0n) is 8.19. The van der Waals surface area contributed by atoms with Gasteiger partial charge in [-0.1, -0.05) is 0 Å². The van der Waals surface area contributed by atoms with Crippen LogP contribution >= 0.6 is 11.6 Å². The molecule has 0 radical (unpaired) electrons. The third-order valence-electron chi connectivity index (χ3n) is 2.58. The summed E-state index contributed by atoms with van der Waals surface area (Å²) in [4.78, 5) is 18.5. The van der Waals surface area contributed by atoms with Crippen LogP contribution in [0.5, 0.6) is 0 Å². The van der Waals surface area contributed by atoms with Crippen molar-refractivity contribution < 1.29 is 4.79 Å². The Labute approximate surface area is 93.1 Å². The van der Waals surface area contributed by atoms with Gasteiger partial charge in [0.2, 0.25) is 0 Å². The molecule has 0 aliphatic carbocycles. The van der Waals surface area contributed by atoms with E-state index < -0.39 is 0 Å². The molecule has 1 aliphatic rings. The van der Waals surface area contributed by atoms with Crippen molar-refractivity contribution in [2.45, 2.75) is 17.7 Å². The van der Waals surface area contributed by atoms with Gasteiger partial charge in [0.15, 0.2) is 12.1 Å². The monoisotopic (exact) mass is 225 g/mol. The molecule has 1 aromatic heterocycles. The molecule has 80 valence electrons. The highest BCUT2D eigenvalue weighted by atomic mass is 35.5. The predicted molar refractivity (Wildman–Crippen MR) is 57.3 cm³/mol. The first kappa shape index (κ1) is 10.5. The van der Waals surface area contributed by atoms with Crippen LogP contribution in [0.1, 0.15) is 28.7 Å². The topological polar surface area (TPSA) is 54.9 Å². The summed E-state index contributed by atoms with van der Waals surface area (Å²) in [5.41, 5.74) is 0.847. The fourth-order valence-corrected chi connectivity index (χ4v) is 2.10. The van der Waals surface area contributed by atoms with Crippen LogP contribution in [0, 0.1) is 0 Å². The van der Waals surface area contributed by atoms with Crippen molar-refractivity contribution in [3.8, 4) is 0 Å². The Bertz CT molecular complexity index is 358. The van der Waals surface area contributed by atoms with E-state index in [9.17, 15) is 4.79 Å². The highest BCUT2D eigenvalue weighted by Crippen LogP contribution is 2.26. The molecule has 0 bridgehead atoms. The van der Waals surface area contributed by atoms with Gasteiger partial charge in [-0.3, -0.25) is 4.79 Å². The first-order valence-corrected chi connectivity index (χ1v) is 5.38. The van der Waals surface area contributed by atoms with Crippen molar-refractivity contribution in [3.05, 3.63) is 23.8 Å². The third-order valence-corrected chi connectivity index (χ3v) is 3.10. The average Bonchev–Trinajstić information content (AvgIpc) is 2.30. The zero-order chi connectivity index (χ0) is 10.7. The van der Waals surface area contributed by atoms with Crippen LogP contribution in [-0.4, -0.2) is 34.7 Å². The smallest absolute Gasteiger partial charge is 0.192 e. The summed E-state index contributed by atoms with van der Waals surface area (Å²) in [6.45, 7) is 1.75. The summed E-state index contributed by atoms with van der Waals surface area (Å²) >= 11 is 6.22. The highest BCUT2D eigenvalue weighted by molar-refractivity contribution is 6.21. The normalized spacial score (nSPS) is 26.2. The molecule has 0 saturated carbocycles. The van der Waals surface area contributed by atoms with Gasteiger partial charge < -0.3 is 5.32 Å². The molecule has 2 heterocycles. The molecule has 1 N–H and O–H groups in total. The van der Waals surface area contributed by atoms with Gasteiger partial charge in [0.1, 0.15) is 0 Å². The van der Waals surface area contributed by atoms with Crippen LogP contribution < -0.4 is 5.32 Å². The number of rotatable bonds is 2. The molecule has 0 amide bonds. The second-order valence-corrected chi connectivity index (χ2v) is 4.13. The lowest BCUT2D eigenvalue weighted by molar-refractivity contribution is 0.111. The van der Waals surface area contributed by atoms with E-state index in [0.29, 0.717) is 6.29 Å². The van der Waals surface area contributed by atoms with Crippen LogP contribution in [0.2, 0.25) is 0 Å². The van der Waals surface area contributed by atoms with Crippen molar-refractivity contribution in [2.75, 3.05) is 13.1 Å². The molecule has 1 aromatic rings. The summed E-state index contributed by atoms with van der Waals surface area (Å²) in [6.07, 6.45) is 3.18. The summed E-state index contributed by atoms with van der Waals surface area (Å²) in [6, 6.07) is 1.82. The van der Waals surface area contributed by atoms with Crippen molar-refractivity contribution in [1.82, 2.24) is 15.3 Å². The minimum atomic E-state index is 0.0839. The van der Waals surface area contributed by atoms with Crippen LogP contribution in [-0.2, 0) is 0 Å². The number of aromatic nitrogens is 2. The number of hydrogen-bond acceptors (Lipinski definition) is 4. The molecule has 1 saturated heterocycles. The number of alkyl halides is 1. The van der Waals surface area contributed by atoms with E-state index in [1.54, 1.807) is 6.20 Å². The maximum atomic E-state index is 10.5. The summed E-state index contributed by atoms with van der Waals surface area (Å²) in [7, 11) is 0. The molecule has 0 unspecified atom stereocenters. The Kier molecular flexibility index (Phi) is 3.28. The second-order valence-electron chi connectivity index (χ2n) is 3.57. The number of carbonyl (C=O) groups is 1. The first-order valence-electron chi connectivity index (χ1n) is 4.94. The Morgan fingerprint density at radius 3 is 3.20 bits per heavy atom. The van der Waals surface area contributed by atoms with Crippen LogP contribution in [0.25, 0.3) is 0 Å². The van der Waals surface area contributed by atoms with Gasteiger partial charge in [-0.05, 0) is 19.0 Å². The standard InChI is InChI=1S/C10H12ClN3O/c11-8-1-3-12-5-7(8)9-2-4-13-10(6-15)14-9/h2,4,6-8,12H,1,3,5H2/t7-,8-/m1/s1. The number of aldehydes is 1. The molecule has 2 rings (SSSR count). The lowest BCUT2D eigenvalue weighted by Gasteiger charge is -2.27. The van der Waals surface area contributed by atoms with Gasteiger partial charge in [0.25, 0.3) is 0 Å². The van der Waals surface area contributed by atoms with E-state index in [1.165, 1.54) is 0 Å². The van der Waals surface area contributed by atoms with E-state index >= 15 is 0 Å². The molecule has 15 heavy (non-hydrogen) atoms. The van der Waals surface area contributed by atoms with Gasteiger partial charge in [-0.15, -0.1) is 11.6 Å². The quantitative estimate of drug-likeness (QED) is 0.602. The number of piperidine rings is 1. The molecule has 1 fully saturated rings. The highest BCUT2D eigenvalue weighted by Gasteiger charge is 2.25. The van der Waals surface area contributed by atoms with Gasteiger partial charge >= 0.3 is 0 Å². The number of hydrogen-bond donors (Lipinski definition) is 1. The van der Waals surface area contributed by atoms with E-state index in [0.717, 1.165) is 25.2 Å². The minimum absolute atomic E-state index is 0.0839. The fraction of sp³-hybridized carbons (Fsp3) is 0.500. The molecule has 5 heteroatoms. The van der Waals surface area contributed by atoms with E-state index in [1.807, 2.05) is 6.07 Å². The number of nitrogens with zero attached hydrogens (tertiary/aromatic N) is 2. The lowest BCUT2D eigenvalue weighted by atomic mass is 9.95. The predicted octanol–water partition coefficient (Wildman–Crippen LogP) is 0.973. The first-order chi connectivity index (χ1) is 7.31. The van der Waals surface area contributed by atoms with E-state index in [2.05, 4.69) is 15.3 Å². The van der Waals surface area contributed by atoms with Crippen molar-refractivity contribution in [2.24, 2.45) is 0 Å². The molecule has 0 spiro atoms. The largest absolute Gasteiger partial charge is 0.316 e. The Morgan fingerprint density at radius 2 is 2.47 bits per heavy atom. The fourth-order valence-electron chi connectivity index (χ4n) is 1.77.